The van der Waals surface area contributed by atoms with Crippen molar-refractivity contribution < 1.29 is 14.6 Å². The molecule has 104 valence electrons. The number of hydrogen-bond acceptors (Lipinski definition) is 3. The number of methoxy groups -OCH3 is 1. The van der Waals surface area contributed by atoms with Crippen molar-refractivity contribution >= 4 is 5.97 Å². The highest BCUT2D eigenvalue weighted by Crippen LogP contribution is 2.23. The van der Waals surface area contributed by atoms with Gasteiger partial charge in [-0.3, -0.25) is 9.78 Å². The number of pyridine rings is 1. The van der Waals surface area contributed by atoms with E-state index in [1.165, 1.54) is 0 Å². The predicted octanol–water partition coefficient (Wildman–Crippen LogP) is 2.81. The number of aliphatic carboxylic acids is 1. The van der Waals surface area contributed by atoms with E-state index in [1.54, 1.807) is 25.4 Å². The summed E-state index contributed by atoms with van der Waals surface area (Å²) in [5, 5.41) is 9.43. The molecule has 20 heavy (non-hydrogen) atoms. The first-order valence-corrected chi connectivity index (χ1v) is 6.39. The standard InChI is InChI=1S/C16H17NO3/c1-11-5-3-4-6-12(11)9-14(16(18)19)15-8-7-13(20-2)10-17-15/h3-8,10,14H,9H2,1-2H3,(H,18,19). The predicted molar refractivity (Wildman–Crippen MR) is 76.0 cm³/mol. The zero-order valence-corrected chi connectivity index (χ0v) is 11.5. The van der Waals surface area contributed by atoms with Gasteiger partial charge in [-0.2, -0.15) is 0 Å². The molecule has 0 radical (unpaired) electrons. The van der Waals surface area contributed by atoms with Gasteiger partial charge in [0.05, 0.1) is 19.0 Å². The summed E-state index contributed by atoms with van der Waals surface area (Å²) in [6.07, 6.45) is 1.98. The van der Waals surface area contributed by atoms with Crippen molar-refractivity contribution in [3.05, 3.63) is 59.4 Å². The Bertz CT molecular complexity index is 593. The highest BCUT2D eigenvalue weighted by molar-refractivity contribution is 5.76. The van der Waals surface area contributed by atoms with Gasteiger partial charge in [0, 0.05) is 0 Å². The molecule has 0 amide bonds. The van der Waals surface area contributed by atoms with Gasteiger partial charge in [0.15, 0.2) is 0 Å². The molecule has 1 unspecified atom stereocenters. The van der Waals surface area contributed by atoms with E-state index < -0.39 is 11.9 Å². The molecule has 1 atom stereocenters. The second-order valence-corrected chi connectivity index (χ2v) is 4.64. The number of hydrogen-bond donors (Lipinski definition) is 1. The molecule has 1 aromatic carbocycles. The first-order chi connectivity index (χ1) is 9.61. The molecular weight excluding hydrogens is 254 g/mol. The number of carboxylic acid groups (broad SMARTS) is 1. The van der Waals surface area contributed by atoms with Crippen molar-refractivity contribution in [2.75, 3.05) is 7.11 Å². The van der Waals surface area contributed by atoms with E-state index in [2.05, 4.69) is 4.98 Å². The summed E-state index contributed by atoms with van der Waals surface area (Å²) in [4.78, 5) is 15.7. The number of rotatable bonds is 5. The second kappa shape index (κ2) is 6.19. The Hall–Kier alpha value is -2.36. The van der Waals surface area contributed by atoms with Gasteiger partial charge in [0.2, 0.25) is 0 Å². The highest BCUT2D eigenvalue weighted by Gasteiger charge is 2.22. The highest BCUT2D eigenvalue weighted by atomic mass is 16.5. The Morgan fingerprint density at radius 3 is 2.60 bits per heavy atom. The van der Waals surface area contributed by atoms with Crippen molar-refractivity contribution in [2.24, 2.45) is 0 Å². The Balaban J connectivity index is 2.27. The van der Waals surface area contributed by atoms with Gasteiger partial charge in [-0.05, 0) is 36.6 Å². The molecule has 1 aromatic heterocycles. The normalized spacial score (nSPS) is 11.9. The fourth-order valence-corrected chi connectivity index (χ4v) is 2.10. The molecular formula is C16H17NO3. The Labute approximate surface area is 118 Å². The van der Waals surface area contributed by atoms with Crippen LogP contribution in [0.25, 0.3) is 0 Å². The lowest BCUT2D eigenvalue weighted by Crippen LogP contribution is -2.16. The molecule has 0 saturated heterocycles. The molecule has 0 fully saturated rings. The molecule has 1 heterocycles. The maximum absolute atomic E-state index is 11.5. The number of aromatic nitrogens is 1. The van der Waals surface area contributed by atoms with Crippen LogP contribution in [0, 0.1) is 6.92 Å². The quantitative estimate of drug-likeness (QED) is 0.908. The van der Waals surface area contributed by atoms with Gasteiger partial charge in [-0.25, -0.2) is 0 Å². The first-order valence-electron chi connectivity index (χ1n) is 6.39. The smallest absolute Gasteiger partial charge is 0.312 e. The number of nitrogens with zero attached hydrogens (tertiary/aromatic N) is 1. The minimum absolute atomic E-state index is 0.432. The van der Waals surface area contributed by atoms with Crippen LogP contribution in [0.5, 0.6) is 5.75 Å². The van der Waals surface area contributed by atoms with E-state index in [-0.39, 0.29) is 0 Å². The number of ether oxygens (including phenoxy) is 1. The number of carbonyl (C=O) groups is 1. The lowest BCUT2D eigenvalue weighted by molar-refractivity contribution is -0.138. The molecule has 0 bridgehead atoms. The van der Waals surface area contributed by atoms with Crippen LogP contribution >= 0.6 is 0 Å². The number of carboxylic acids is 1. The van der Waals surface area contributed by atoms with E-state index in [9.17, 15) is 9.90 Å². The van der Waals surface area contributed by atoms with E-state index in [4.69, 9.17) is 4.74 Å². The van der Waals surface area contributed by atoms with Crippen LogP contribution < -0.4 is 4.74 Å². The minimum Gasteiger partial charge on any atom is -0.495 e. The summed E-state index contributed by atoms with van der Waals surface area (Å²) in [6, 6.07) is 11.2. The van der Waals surface area contributed by atoms with Gasteiger partial charge in [-0.15, -0.1) is 0 Å². The fraction of sp³-hybridized carbons (Fsp3) is 0.250. The van der Waals surface area contributed by atoms with Gasteiger partial charge >= 0.3 is 5.97 Å². The van der Waals surface area contributed by atoms with Crippen molar-refractivity contribution in [3.63, 3.8) is 0 Å². The lowest BCUT2D eigenvalue weighted by Gasteiger charge is -2.14. The van der Waals surface area contributed by atoms with Crippen molar-refractivity contribution in [1.82, 2.24) is 4.98 Å². The summed E-state index contributed by atoms with van der Waals surface area (Å²) in [5.41, 5.74) is 2.66. The monoisotopic (exact) mass is 271 g/mol. The zero-order valence-electron chi connectivity index (χ0n) is 11.5. The Morgan fingerprint density at radius 1 is 1.30 bits per heavy atom. The average Bonchev–Trinajstić information content (AvgIpc) is 2.46. The van der Waals surface area contributed by atoms with Crippen LogP contribution in [-0.4, -0.2) is 23.2 Å². The van der Waals surface area contributed by atoms with Crippen LogP contribution in [0.1, 0.15) is 22.7 Å². The van der Waals surface area contributed by atoms with Gasteiger partial charge in [0.25, 0.3) is 0 Å². The van der Waals surface area contributed by atoms with E-state index >= 15 is 0 Å². The molecule has 1 N–H and O–H groups in total. The molecule has 0 spiro atoms. The molecule has 0 aliphatic heterocycles. The molecule has 0 aliphatic rings. The second-order valence-electron chi connectivity index (χ2n) is 4.64. The van der Waals surface area contributed by atoms with Gasteiger partial charge in [-0.1, -0.05) is 24.3 Å². The van der Waals surface area contributed by atoms with Gasteiger partial charge in [0.1, 0.15) is 11.7 Å². The summed E-state index contributed by atoms with van der Waals surface area (Å²) in [5.74, 6) is -0.901. The molecule has 4 heteroatoms. The third-order valence-corrected chi connectivity index (χ3v) is 3.34. The number of aryl methyl sites for hydroxylation is 1. The zero-order chi connectivity index (χ0) is 14.5. The summed E-state index contributed by atoms with van der Waals surface area (Å²) in [6.45, 7) is 1.98. The Kier molecular flexibility index (Phi) is 4.35. The molecule has 0 saturated carbocycles. The van der Waals surface area contributed by atoms with Crippen molar-refractivity contribution in [3.8, 4) is 5.75 Å². The van der Waals surface area contributed by atoms with Crippen molar-refractivity contribution in [2.45, 2.75) is 19.3 Å². The Morgan fingerprint density at radius 2 is 2.05 bits per heavy atom. The number of benzene rings is 1. The van der Waals surface area contributed by atoms with Crippen LogP contribution in [0.3, 0.4) is 0 Å². The van der Waals surface area contributed by atoms with Crippen molar-refractivity contribution in [1.29, 1.82) is 0 Å². The van der Waals surface area contributed by atoms with Crippen LogP contribution in [0.4, 0.5) is 0 Å². The van der Waals surface area contributed by atoms with Crippen LogP contribution in [0.2, 0.25) is 0 Å². The molecule has 2 aromatic rings. The van der Waals surface area contributed by atoms with E-state index in [1.807, 2.05) is 31.2 Å². The maximum Gasteiger partial charge on any atom is 0.312 e. The van der Waals surface area contributed by atoms with E-state index in [0.717, 1.165) is 11.1 Å². The van der Waals surface area contributed by atoms with Crippen LogP contribution in [0.15, 0.2) is 42.6 Å². The third-order valence-electron chi connectivity index (χ3n) is 3.34. The molecule has 4 nitrogen and oxygen atoms in total. The molecule has 0 aliphatic carbocycles. The third kappa shape index (κ3) is 3.15. The summed E-state index contributed by atoms with van der Waals surface area (Å²) >= 11 is 0. The first kappa shape index (κ1) is 14.1. The van der Waals surface area contributed by atoms with E-state index in [0.29, 0.717) is 17.9 Å². The summed E-state index contributed by atoms with van der Waals surface area (Å²) in [7, 11) is 1.55. The fourth-order valence-electron chi connectivity index (χ4n) is 2.10. The largest absolute Gasteiger partial charge is 0.495 e. The summed E-state index contributed by atoms with van der Waals surface area (Å²) < 4.78 is 5.04. The van der Waals surface area contributed by atoms with Gasteiger partial charge < -0.3 is 9.84 Å². The van der Waals surface area contributed by atoms with Crippen LogP contribution in [-0.2, 0) is 11.2 Å². The SMILES string of the molecule is COc1ccc(C(Cc2ccccc2C)C(=O)O)nc1. The molecule has 2 rings (SSSR count). The minimum atomic E-state index is -0.870. The average molecular weight is 271 g/mol. The lowest BCUT2D eigenvalue weighted by atomic mass is 9.93. The maximum atomic E-state index is 11.5. The topological polar surface area (TPSA) is 59.4 Å².